The summed E-state index contributed by atoms with van der Waals surface area (Å²) in [6.45, 7) is 0.678. The Labute approximate surface area is 140 Å². The van der Waals surface area contributed by atoms with E-state index >= 15 is 0 Å². The predicted octanol–water partition coefficient (Wildman–Crippen LogP) is 1.93. The highest BCUT2D eigenvalue weighted by Crippen LogP contribution is 2.47. The molecule has 5 atom stereocenters. The molecule has 1 aliphatic heterocycles. The van der Waals surface area contributed by atoms with Crippen LogP contribution in [0.2, 0.25) is 0 Å². The van der Waals surface area contributed by atoms with Gasteiger partial charge < -0.3 is 10.0 Å². The number of rotatable bonds is 3. The van der Waals surface area contributed by atoms with Crippen molar-refractivity contribution >= 4 is 17.7 Å². The molecule has 2 bridgehead atoms. The van der Waals surface area contributed by atoms with Gasteiger partial charge in [-0.05, 0) is 24.3 Å². The van der Waals surface area contributed by atoms with Gasteiger partial charge in [0.25, 0.3) is 0 Å². The van der Waals surface area contributed by atoms with E-state index in [1.54, 1.807) is 4.90 Å². The number of amides is 1. The molecular weight excluding hydrogens is 306 g/mol. The number of carboxylic acids is 1. The van der Waals surface area contributed by atoms with Crippen LogP contribution in [0.4, 0.5) is 0 Å². The monoisotopic (exact) mass is 327 g/mol. The largest absolute Gasteiger partial charge is 0.481 e. The zero-order valence-electron chi connectivity index (χ0n) is 13.4. The van der Waals surface area contributed by atoms with Gasteiger partial charge in [-0.1, -0.05) is 30.3 Å². The summed E-state index contributed by atoms with van der Waals surface area (Å²) in [4.78, 5) is 38.2. The Bertz CT molecular complexity index is 686. The Hall–Kier alpha value is -2.17. The van der Waals surface area contributed by atoms with Crippen molar-refractivity contribution in [3.8, 4) is 0 Å². The van der Waals surface area contributed by atoms with E-state index in [2.05, 4.69) is 0 Å². The lowest BCUT2D eigenvalue weighted by molar-refractivity contribution is -0.143. The molecule has 0 unspecified atom stereocenters. The van der Waals surface area contributed by atoms with Crippen LogP contribution in [-0.2, 0) is 14.4 Å². The van der Waals surface area contributed by atoms with Crippen molar-refractivity contribution in [2.24, 2.45) is 23.7 Å². The molecule has 2 saturated carbocycles. The summed E-state index contributed by atoms with van der Waals surface area (Å²) in [5, 5.41) is 9.57. The summed E-state index contributed by atoms with van der Waals surface area (Å²) in [5.74, 6) is -1.39. The molecule has 4 rings (SSSR count). The zero-order valence-corrected chi connectivity index (χ0v) is 13.4. The van der Waals surface area contributed by atoms with Gasteiger partial charge in [0.2, 0.25) is 5.91 Å². The molecular formula is C19H21NO4. The minimum absolute atomic E-state index is 0.0137. The van der Waals surface area contributed by atoms with Gasteiger partial charge >= 0.3 is 5.97 Å². The SMILES string of the molecule is O=C1C[C@@H]2C[C@H]1[C@H](C(=O)N1C[C@@H](C(=O)O)[C@H](c3ccccc3)C1)C2. The third-order valence-electron chi connectivity index (χ3n) is 6.06. The highest BCUT2D eigenvalue weighted by atomic mass is 16.4. The van der Waals surface area contributed by atoms with Crippen molar-refractivity contribution in [2.45, 2.75) is 25.2 Å². The molecule has 1 N–H and O–H groups in total. The van der Waals surface area contributed by atoms with Gasteiger partial charge in [0.15, 0.2) is 0 Å². The quantitative estimate of drug-likeness (QED) is 0.920. The van der Waals surface area contributed by atoms with Gasteiger partial charge in [0.05, 0.1) is 5.92 Å². The van der Waals surface area contributed by atoms with E-state index in [-0.39, 0.29) is 36.0 Å². The normalized spacial score (nSPS) is 34.8. The second kappa shape index (κ2) is 5.72. The number of benzene rings is 1. The minimum Gasteiger partial charge on any atom is -0.481 e. The van der Waals surface area contributed by atoms with Gasteiger partial charge in [-0.2, -0.15) is 0 Å². The van der Waals surface area contributed by atoms with Crippen molar-refractivity contribution in [1.82, 2.24) is 4.90 Å². The fraction of sp³-hybridized carbons (Fsp3) is 0.526. The number of hydrogen-bond acceptors (Lipinski definition) is 3. The maximum absolute atomic E-state index is 12.9. The van der Waals surface area contributed by atoms with Crippen LogP contribution in [0.15, 0.2) is 30.3 Å². The van der Waals surface area contributed by atoms with Gasteiger partial charge in [-0.15, -0.1) is 0 Å². The van der Waals surface area contributed by atoms with Crippen LogP contribution >= 0.6 is 0 Å². The number of carboxylic acid groups (broad SMARTS) is 1. The molecule has 3 fully saturated rings. The van der Waals surface area contributed by atoms with Crippen LogP contribution in [0.25, 0.3) is 0 Å². The van der Waals surface area contributed by atoms with Crippen LogP contribution < -0.4 is 0 Å². The first kappa shape index (κ1) is 15.4. The molecule has 0 spiro atoms. The van der Waals surface area contributed by atoms with Gasteiger partial charge in [-0.3, -0.25) is 14.4 Å². The number of hydrogen-bond donors (Lipinski definition) is 1. The molecule has 126 valence electrons. The van der Waals surface area contributed by atoms with Crippen molar-refractivity contribution < 1.29 is 19.5 Å². The van der Waals surface area contributed by atoms with E-state index < -0.39 is 11.9 Å². The Morgan fingerprint density at radius 1 is 1.00 bits per heavy atom. The van der Waals surface area contributed by atoms with Gasteiger partial charge in [-0.25, -0.2) is 0 Å². The molecule has 24 heavy (non-hydrogen) atoms. The van der Waals surface area contributed by atoms with E-state index in [0.717, 1.165) is 18.4 Å². The lowest BCUT2D eigenvalue weighted by Crippen LogP contribution is -2.39. The summed E-state index contributed by atoms with van der Waals surface area (Å²) >= 11 is 0. The second-order valence-electron chi connectivity index (χ2n) is 7.43. The Morgan fingerprint density at radius 2 is 1.75 bits per heavy atom. The number of carbonyl (C=O) groups excluding carboxylic acids is 2. The molecule has 1 heterocycles. The summed E-state index contributed by atoms with van der Waals surface area (Å²) in [5.41, 5.74) is 0.962. The fourth-order valence-electron chi connectivity index (χ4n) is 4.88. The van der Waals surface area contributed by atoms with E-state index in [9.17, 15) is 19.5 Å². The molecule has 2 aliphatic carbocycles. The number of nitrogens with zero attached hydrogens (tertiary/aromatic N) is 1. The van der Waals surface area contributed by atoms with E-state index in [4.69, 9.17) is 0 Å². The van der Waals surface area contributed by atoms with Crippen LogP contribution in [0, 0.1) is 23.7 Å². The molecule has 5 heteroatoms. The minimum atomic E-state index is -0.858. The summed E-state index contributed by atoms with van der Waals surface area (Å²) < 4.78 is 0. The lowest BCUT2D eigenvalue weighted by Gasteiger charge is -2.25. The van der Waals surface area contributed by atoms with Gasteiger partial charge in [0.1, 0.15) is 5.78 Å². The van der Waals surface area contributed by atoms with Crippen LogP contribution in [0.1, 0.15) is 30.7 Å². The topological polar surface area (TPSA) is 74.7 Å². The third kappa shape index (κ3) is 2.43. The first-order chi connectivity index (χ1) is 11.5. The van der Waals surface area contributed by atoms with Crippen LogP contribution in [0.3, 0.4) is 0 Å². The number of fused-ring (bicyclic) bond motifs is 2. The molecule has 0 radical (unpaired) electrons. The summed E-state index contributed by atoms with van der Waals surface area (Å²) in [7, 11) is 0. The average molecular weight is 327 g/mol. The molecule has 0 aromatic heterocycles. The van der Waals surface area contributed by atoms with Crippen LogP contribution in [0.5, 0.6) is 0 Å². The van der Waals surface area contributed by atoms with Crippen molar-refractivity contribution in [3.05, 3.63) is 35.9 Å². The average Bonchev–Trinajstić information content (AvgIpc) is 3.28. The smallest absolute Gasteiger partial charge is 0.308 e. The number of Topliss-reactive ketones (excluding diaryl/α,β-unsaturated/α-hetero) is 1. The standard InChI is InChI=1S/C19H21NO4/c21-17-8-11-6-13(17)14(7-11)18(22)20-9-15(16(10-20)19(23)24)12-4-2-1-3-5-12/h1-5,11,13-16H,6-10H2,(H,23,24)/t11-,13+,14-,15+,16-/m1/s1. The molecule has 1 saturated heterocycles. The first-order valence-corrected chi connectivity index (χ1v) is 8.64. The third-order valence-corrected chi connectivity index (χ3v) is 6.06. The van der Waals surface area contributed by atoms with Crippen molar-refractivity contribution in [1.29, 1.82) is 0 Å². The lowest BCUT2D eigenvalue weighted by atomic mass is 9.87. The van der Waals surface area contributed by atoms with Crippen molar-refractivity contribution in [2.75, 3.05) is 13.1 Å². The van der Waals surface area contributed by atoms with Crippen LogP contribution in [-0.4, -0.2) is 40.8 Å². The molecule has 3 aliphatic rings. The number of likely N-dealkylation sites (tertiary alicyclic amines) is 1. The highest BCUT2D eigenvalue weighted by molar-refractivity contribution is 5.92. The Kier molecular flexibility index (Phi) is 3.66. The molecule has 1 aromatic carbocycles. The number of aliphatic carboxylic acids is 1. The maximum atomic E-state index is 12.9. The van der Waals surface area contributed by atoms with E-state index in [1.807, 2.05) is 30.3 Å². The summed E-state index contributed by atoms with van der Waals surface area (Å²) in [6.07, 6.45) is 2.26. The number of ketones is 1. The second-order valence-corrected chi connectivity index (χ2v) is 7.43. The van der Waals surface area contributed by atoms with E-state index in [0.29, 0.717) is 18.9 Å². The zero-order chi connectivity index (χ0) is 16.8. The van der Waals surface area contributed by atoms with Crippen molar-refractivity contribution in [3.63, 3.8) is 0 Å². The molecule has 1 aromatic rings. The highest BCUT2D eigenvalue weighted by Gasteiger charge is 2.51. The predicted molar refractivity (Wildman–Crippen MR) is 86.2 cm³/mol. The molecule has 1 amide bonds. The van der Waals surface area contributed by atoms with Gasteiger partial charge in [0, 0.05) is 37.3 Å². The Balaban J connectivity index is 1.54. The summed E-state index contributed by atoms with van der Waals surface area (Å²) in [6, 6.07) is 9.55. The molecule has 5 nitrogen and oxygen atoms in total. The first-order valence-electron chi connectivity index (χ1n) is 8.64. The maximum Gasteiger partial charge on any atom is 0.308 e. The fourth-order valence-corrected chi connectivity index (χ4v) is 4.88. The Morgan fingerprint density at radius 3 is 2.38 bits per heavy atom. The number of carbonyl (C=O) groups is 3. The van der Waals surface area contributed by atoms with E-state index in [1.165, 1.54) is 0 Å².